The van der Waals surface area contributed by atoms with Crippen LogP contribution < -0.4 is 5.32 Å². The molecule has 0 amide bonds. The van der Waals surface area contributed by atoms with Gasteiger partial charge in [0, 0.05) is 18.1 Å². The fourth-order valence-corrected chi connectivity index (χ4v) is 2.82. The Balaban J connectivity index is 1.77. The van der Waals surface area contributed by atoms with Crippen molar-refractivity contribution in [2.45, 2.75) is 19.4 Å². The molecular formula is C14H20ClFN2. The zero-order chi connectivity index (χ0) is 13.0. The molecule has 0 bridgehead atoms. The van der Waals surface area contributed by atoms with Gasteiger partial charge in [-0.3, -0.25) is 0 Å². The minimum atomic E-state index is -0.267. The molecule has 2 rings (SSSR count). The van der Waals surface area contributed by atoms with Crippen molar-refractivity contribution in [3.8, 4) is 0 Å². The van der Waals surface area contributed by atoms with Crippen molar-refractivity contribution >= 4 is 11.6 Å². The maximum Gasteiger partial charge on any atom is 0.125 e. The lowest BCUT2D eigenvalue weighted by Crippen LogP contribution is -2.37. The molecule has 0 saturated carbocycles. The van der Waals surface area contributed by atoms with E-state index in [9.17, 15) is 4.39 Å². The van der Waals surface area contributed by atoms with E-state index >= 15 is 0 Å². The third-order valence-electron chi connectivity index (χ3n) is 3.41. The molecule has 0 aromatic heterocycles. The van der Waals surface area contributed by atoms with Crippen LogP contribution in [0.3, 0.4) is 0 Å². The van der Waals surface area contributed by atoms with Crippen LogP contribution in [0.25, 0.3) is 0 Å². The highest BCUT2D eigenvalue weighted by atomic mass is 35.5. The normalized spacial score (nSPS) is 21.2. The lowest BCUT2D eigenvalue weighted by Gasteiger charge is -2.29. The van der Waals surface area contributed by atoms with Crippen molar-refractivity contribution in [1.29, 1.82) is 0 Å². The van der Waals surface area contributed by atoms with Gasteiger partial charge in [-0.2, -0.15) is 0 Å². The third-order valence-corrected chi connectivity index (χ3v) is 3.62. The molecule has 4 heteroatoms. The molecule has 1 N–H and O–H groups in total. The first-order valence-electron chi connectivity index (χ1n) is 6.48. The summed E-state index contributed by atoms with van der Waals surface area (Å²) in [6.45, 7) is 4.02. The molecule has 1 atom stereocenters. The zero-order valence-corrected chi connectivity index (χ0v) is 11.5. The van der Waals surface area contributed by atoms with Gasteiger partial charge >= 0.3 is 0 Å². The van der Waals surface area contributed by atoms with Gasteiger partial charge in [0.25, 0.3) is 0 Å². The van der Waals surface area contributed by atoms with E-state index in [1.165, 1.54) is 31.5 Å². The van der Waals surface area contributed by atoms with Crippen molar-refractivity contribution in [1.82, 2.24) is 10.2 Å². The molecule has 1 aromatic rings. The fourth-order valence-electron chi connectivity index (χ4n) is 2.57. The van der Waals surface area contributed by atoms with Gasteiger partial charge in [0.2, 0.25) is 0 Å². The Hall–Kier alpha value is -0.640. The molecule has 2 nitrogen and oxygen atoms in total. The van der Waals surface area contributed by atoms with Crippen molar-refractivity contribution in [2.24, 2.45) is 5.92 Å². The number of rotatable bonds is 4. The van der Waals surface area contributed by atoms with Gasteiger partial charge in [0.1, 0.15) is 5.82 Å². The van der Waals surface area contributed by atoms with E-state index in [1.807, 2.05) is 6.07 Å². The smallest absolute Gasteiger partial charge is 0.125 e. The van der Waals surface area contributed by atoms with Crippen LogP contribution in [0.2, 0.25) is 5.02 Å². The monoisotopic (exact) mass is 270 g/mol. The van der Waals surface area contributed by atoms with Crippen LogP contribution in [-0.2, 0) is 6.54 Å². The second kappa shape index (κ2) is 6.50. The predicted molar refractivity (Wildman–Crippen MR) is 73.3 cm³/mol. The van der Waals surface area contributed by atoms with E-state index in [-0.39, 0.29) is 5.82 Å². The number of nitrogens with zero attached hydrogens (tertiary/aromatic N) is 1. The van der Waals surface area contributed by atoms with Crippen molar-refractivity contribution in [2.75, 3.05) is 26.7 Å². The number of hydrogen-bond acceptors (Lipinski definition) is 2. The van der Waals surface area contributed by atoms with Crippen LogP contribution in [0.4, 0.5) is 4.39 Å². The van der Waals surface area contributed by atoms with Crippen LogP contribution in [0.15, 0.2) is 18.2 Å². The molecule has 1 saturated heterocycles. The first kappa shape index (κ1) is 13.8. The summed E-state index contributed by atoms with van der Waals surface area (Å²) in [7, 11) is 2.17. The van der Waals surface area contributed by atoms with Crippen LogP contribution in [0, 0.1) is 11.7 Å². The molecule has 1 heterocycles. The summed E-state index contributed by atoms with van der Waals surface area (Å²) >= 11 is 5.82. The molecule has 1 aromatic carbocycles. The highest BCUT2D eigenvalue weighted by Crippen LogP contribution is 2.16. The summed E-state index contributed by atoms with van der Waals surface area (Å²) in [5, 5.41) is 3.86. The Kier molecular flexibility index (Phi) is 4.98. The Morgan fingerprint density at radius 2 is 2.28 bits per heavy atom. The van der Waals surface area contributed by atoms with Crippen molar-refractivity contribution < 1.29 is 4.39 Å². The maximum absolute atomic E-state index is 13.1. The highest BCUT2D eigenvalue weighted by molar-refractivity contribution is 6.30. The SMILES string of the molecule is CN1CCCC(CNCc2cc(F)cc(Cl)c2)C1. The summed E-state index contributed by atoms with van der Waals surface area (Å²) in [6.07, 6.45) is 2.55. The predicted octanol–water partition coefficient (Wildman–Crippen LogP) is 2.91. The van der Waals surface area contributed by atoms with E-state index < -0.39 is 0 Å². The molecule has 100 valence electrons. The van der Waals surface area contributed by atoms with Gasteiger partial charge in [-0.05, 0) is 62.7 Å². The summed E-state index contributed by atoms with van der Waals surface area (Å²) in [5.74, 6) is 0.435. The molecule has 1 aliphatic heterocycles. The average Bonchev–Trinajstić information content (AvgIpc) is 2.27. The van der Waals surface area contributed by atoms with E-state index in [0.29, 0.717) is 17.5 Å². The standard InChI is InChI=1S/C14H20ClFN2/c1-18-4-2-3-11(10-18)8-17-9-12-5-13(15)7-14(16)6-12/h5-7,11,17H,2-4,8-10H2,1H3. The van der Waals surface area contributed by atoms with E-state index in [0.717, 1.165) is 18.7 Å². The van der Waals surface area contributed by atoms with Gasteiger partial charge in [-0.15, -0.1) is 0 Å². The van der Waals surface area contributed by atoms with Gasteiger partial charge in [-0.25, -0.2) is 4.39 Å². The summed E-state index contributed by atoms with van der Waals surface area (Å²) in [6, 6.07) is 4.68. The molecule has 0 spiro atoms. The number of piperidine rings is 1. The second-order valence-corrected chi connectivity index (χ2v) is 5.62. The van der Waals surface area contributed by atoms with E-state index in [2.05, 4.69) is 17.3 Å². The van der Waals surface area contributed by atoms with Crippen molar-refractivity contribution in [3.05, 3.63) is 34.6 Å². The lowest BCUT2D eigenvalue weighted by molar-refractivity contribution is 0.206. The van der Waals surface area contributed by atoms with E-state index in [4.69, 9.17) is 11.6 Å². The van der Waals surface area contributed by atoms with Crippen LogP contribution in [0.5, 0.6) is 0 Å². The summed E-state index contributed by atoms with van der Waals surface area (Å²) in [4.78, 5) is 2.37. The molecule has 0 aliphatic carbocycles. The molecule has 1 unspecified atom stereocenters. The molecular weight excluding hydrogens is 251 g/mol. The number of likely N-dealkylation sites (tertiary alicyclic amines) is 1. The van der Waals surface area contributed by atoms with Gasteiger partial charge < -0.3 is 10.2 Å². The van der Waals surface area contributed by atoms with Crippen LogP contribution in [0.1, 0.15) is 18.4 Å². The Labute approximate surface area is 113 Å². The fraction of sp³-hybridized carbons (Fsp3) is 0.571. The zero-order valence-electron chi connectivity index (χ0n) is 10.8. The Morgan fingerprint density at radius 3 is 3.00 bits per heavy atom. The third kappa shape index (κ3) is 4.23. The second-order valence-electron chi connectivity index (χ2n) is 5.18. The summed E-state index contributed by atoms with van der Waals surface area (Å²) < 4.78 is 13.1. The van der Waals surface area contributed by atoms with Gasteiger partial charge in [0.05, 0.1) is 0 Å². The van der Waals surface area contributed by atoms with Gasteiger partial charge in [0.15, 0.2) is 0 Å². The number of hydrogen-bond donors (Lipinski definition) is 1. The maximum atomic E-state index is 13.1. The first-order chi connectivity index (χ1) is 8.63. The van der Waals surface area contributed by atoms with Crippen molar-refractivity contribution in [3.63, 3.8) is 0 Å². The van der Waals surface area contributed by atoms with Crippen LogP contribution in [-0.4, -0.2) is 31.6 Å². The summed E-state index contributed by atoms with van der Waals surface area (Å²) in [5.41, 5.74) is 0.907. The lowest BCUT2D eigenvalue weighted by atomic mass is 9.98. The Morgan fingerprint density at radius 1 is 1.44 bits per heavy atom. The molecule has 18 heavy (non-hydrogen) atoms. The molecule has 1 aliphatic rings. The quantitative estimate of drug-likeness (QED) is 0.905. The highest BCUT2D eigenvalue weighted by Gasteiger charge is 2.16. The molecule has 1 fully saturated rings. The first-order valence-corrected chi connectivity index (χ1v) is 6.85. The Bertz CT molecular complexity index is 377. The minimum absolute atomic E-state index is 0.267. The minimum Gasteiger partial charge on any atom is -0.312 e. The average molecular weight is 271 g/mol. The molecule has 0 radical (unpaired) electrons. The topological polar surface area (TPSA) is 15.3 Å². The number of benzene rings is 1. The number of nitrogens with one attached hydrogen (secondary N) is 1. The van der Waals surface area contributed by atoms with Crippen LogP contribution >= 0.6 is 11.6 Å². The van der Waals surface area contributed by atoms with E-state index in [1.54, 1.807) is 0 Å². The largest absolute Gasteiger partial charge is 0.312 e. The van der Waals surface area contributed by atoms with Gasteiger partial charge in [-0.1, -0.05) is 11.6 Å². The number of halogens is 2.